The van der Waals surface area contributed by atoms with Gasteiger partial charge in [0.25, 0.3) is 0 Å². The molecule has 80 valence electrons. The Morgan fingerprint density at radius 2 is 2.20 bits per heavy atom. The second-order valence-electron chi connectivity index (χ2n) is 4.36. The van der Waals surface area contributed by atoms with E-state index in [1.807, 2.05) is 6.92 Å². The van der Waals surface area contributed by atoms with Crippen molar-refractivity contribution in [1.82, 2.24) is 0 Å². The van der Waals surface area contributed by atoms with E-state index >= 15 is 0 Å². The minimum absolute atomic E-state index is 0.0921. The molecule has 0 bridgehead atoms. The first kappa shape index (κ1) is 10.6. The molecule has 1 aromatic rings. The Hall–Kier alpha value is -0.890. The van der Waals surface area contributed by atoms with E-state index in [2.05, 4.69) is 0 Å². The van der Waals surface area contributed by atoms with Crippen LogP contribution in [-0.2, 0) is 11.2 Å². The molecule has 1 aliphatic carbocycles. The van der Waals surface area contributed by atoms with Crippen molar-refractivity contribution < 1.29 is 9.18 Å². The number of rotatable bonds is 3. The number of carbonyl (C=O) groups is 1. The lowest BCUT2D eigenvalue weighted by Crippen LogP contribution is -2.15. The molecule has 2 rings (SSSR count). The summed E-state index contributed by atoms with van der Waals surface area (Å²) in [4.78, 5) is 11.8. The smallest absolute Gasteiger partial charge is 0.143 e. The summed E-state index contributed by atoms with van der Waals surface area (Å²) in [5, 5.41) is 0.340. The SMILES string of the molecule is CC1(C(=O)Cc2c(F)cccc2Cl)CC1. The van der Waals surface area contributed by atoms with Crippen molar-refractivity contribution in [3.8, 4) is 0 Å². The molecule has 1 nitrogen and oxygen atoms in total. The van der Waals surface area contributed by atoms with Crippen LogP contribution in [0, 0.1) is 11.2 Å². The third-order valence-corrected chi connectivity index (χ3v) is 3.43. The van der Waals surface area contributed by atoms with Gasteiger partial charge in [-0.1, -0.05) is 24.6 Å². The van der Waals surface area contributed by atoms with Crippen LogP contribution in [0.3, 0.4) is 0 Å². The van der Waals surface area contributed by atoms with Crippen LogP contribution in [0.15, 0.2) is 18.2 Å². The maximum atomic E-state index is 13.4. The summed E-state index contributed by atoms with van der Waals surface area (Å²) in [5.74, 6) is -0.297. The van der Waals surface area contributed by atoms with Gasteiger partial charge in [-0.3, -0.25) is 4.79 Å². The lowest BCUT2D eigenvalue weighted by molar-refractivity contribution is -0.122. The number of carbonyl (C=O) groups excluding carboxylic acids is 1. The highest BCUT2D eigenvalue weighted by atomic mass is 35.5. The third-order valence-electron chi connectivity index (χ3n) is 3.07. The zero-order chi connectivity index (χ0) is 11.1. The van der Waals surface area contributed by atoms with Crippen molar-refractivity contribution in [2.75, 3.05) is 0 Å². The van der Waals surface area contributed by atoms with Gasteiger partial charge in [-0.25, -0.2) is 4.39 Å². The van der Waals surface area contributed by atoms with Gasteiger partial charge >= 0.3 is 0 Å². The molecule has 0 amide bonds. The fraction of sp³-hybridized carbons (Fsp3) is 0.417. The molecule has 0 aliphatic heterocycles. The predicted molar refractivity (Wildman–Crippen MR) is 57.5 cm³/mol. The van der Waals surface area contributed by atoms with Crippen LogP contribution in [0.2, 0.25) is 5.02 Å². The Morgan fingerprint density at radius 3 is 2.73 bits per heavy atom. The van der Waals surface area contributed by atoms with Crippen LogP contribution >= 0.6 is 11.6 Å². The van der Waals surface area contributed by atoms with Gasteiger partial charge in [-0.15, -0.1) is 0 Å². The van der Waals surface area contributed by atoms with Crippen molar-refractivity contribution in [1.29, 1.82) is 0 Å². The number of ketones is 1. The molecular formula is C12H12ClFO. The van der Waals surface area contributed by atoms with E-state index in [1.165, 1.54) is 6.07 Å². The first-order valence-corrected chi connectivity index (χ1v) is 5.37. The number of hydrogen-bond donors (Lipinski definition) is 0. The molecule has 1 fully saturated rings. The van der Waals surface area contributed by atoms with Gasteiger partial charge in [0.1, 0.15) is 11.6 Å². The summed E-state index contributed by atoms with van der Waals surface area (Å²) >= 11 is 5.85. The molecule has 1 saturated carbocycles. The molecule has 1 aliphatic rings. The summed E-state index contributed by atoms with van der Waals surface area (Å²) < 4.78 is 13.4. The molecule has 0 aromatic heterocycles. The molecule has 0 unspecified atom stereocenters. The molecule has 0 N–H and O–H groups in total. The van der Waals surface area contributed by atoms with Crippen molar-refractivity contribution in [3.63, 3.8) is 0 Å². The number of Topliss-reactive ketones (excluding diaryl/α,β-unsaturated/α-hetero) is 1. The number of halogens is 2. The highest BCUT2D eigenvalue weighted by Crippen LogP contribution is 2.46. The minimum atomic E-state index is -0.389. The largest absolute Gasteiger partial charge is 0.299 e. The maximum Gasteiger partial charge on any atom is 0.143 e. The minimum Gasteiger partial charge on any atom is -0.299 e. The van der Waals surface area contributed by atoms with Gasteiger partial charge in [0.15, 0.2) is 0 Å². The quantitative estimate of drug-likeness (QED) is 0.772. The number of hydrogen-bond acceptors (Lipinski definition) is 1. The monoisotopic (exact) mass is 226 g/mol. The van der Waals surface area contributed by atoms with Crippen LogP contribution in [0.1, 0.15) is 25.3 Å². The van der Waals surface area contributed by atoms with Crippen LogP contribution < -0.4 is 0 Å². The Bertz CT molecular complexity index is 390. The number of benzene rings is 1. The van der Waals surface area contributed by atoms with Gasteiger partial charge in [-0.05, 0) is 25.0 Å². The average Bonchev–Trinajstić information content (AvgIpc) is 2.91. The summed E-state index contributed by atoms with van der Waals surface area (Å²) in [6, 6.07) is 4.50. The Morgan fingerprint density at radius 1 is 1.53 bits per heavy atom. The molecule has 1 aromatic carbocycles. The maximum absolute atomic E-state index is 13.4. The topological polar surface area (TPSA) is 17.1 Å². The van der Waals surface area contributed by atoms with E-state index in [1.54, 1.807) is 12.1 Å². The van der Waals surface area contributed by atoms with Gasteiger partial charge in [-0.2, -0.15) is 0 Å². The highest BCUT2D eigenvalue weighted by Gasteiger charge is 2.44. The van der Waals surface area contributed by atoms with E-state index in [0.717, 1.165) is 12.8 Å². The summed E-state index contributed by atoms with van der Waals surface area (Å²) in [7, 11) is 0. The Balaban J connectivity index is 2.20. The second-order valence-corrected chi connectivity index (χ2v) is 4.77. The molecular weight excluding hydrogens is 215 g/mol. The van der Waals surface area contributed by atoms with Crippen molar-refractivity contribution >= 4 is 17.4 Å². The lowest BCUT2D eigenvalue weighted by atomic mass is 9.97. The van der Waals surface area contributed by atoms with Crippen molar-refractivity contribution in [2.45, 2.75) is 26.2 Å². The zero-order valence-corrected chi connectivity index (χ0v) is 9.27. The molecule has 0 saturated heterocycles. The lowest BCUT2D eigenvalue weighted by Gasteiger charge is -2.09. The van der Waals surface area contributed by atoms with Gasteiger partial charge in [0, 0.05) is 22.4 Å². The fourth-order valence-corrected chi connectivity index (χ4v) is 1.77. The van der Waals surface area contributed by atoms with Crippen molar-refractivity contribution in [3.05, 3.63) is 34.6 Å². The summed E-state index contributed by atoms with van der Waals surface area (Å²) in [6.45, 7) is 1.92. The van der Waals surface area contributed by atoms with Gasteiger partial charge in [0.2, 0.25) is 0 Å². The van der Waals surface area contributed by atoms with Crippen LogP contribution in [0.5, 0.6) is 0 Å². The van der Waals surface area contributed by atoms with Crippen molar-refractivity contribution in [2.24, 2.45) is 5.41 Å². The van der Waals surface area contributed by atoms with Crippen LogP contribution in [-0.4, -0.2) is 5.78 Å². The van der Waals surface area contributed by atoms with E-state index in [-0.39, 0.29) is 23.4 Å². The first-order chi connectivity index (χ1) is 7.03. The molecule has 3 heteroatoms. The first-order valence-electron chi connectivity index (χ1n) is 4.99. The second kappa shape index (κ2) is 3.60. The Labute approximate surface area is 93.2 Å². The highest BCUT2D eigenvalue weighted by molar-refractivity contribution is 6.31. The van der Waals surface area contributed by atoms with Crippen LogP contribution in [0.4, 0.5) is 4.39 Å². The summed E-state index contributed by atoms with van der Waals surface area (Å²) in [5.41, 5.74) is 0.114. The molecule has 15 heavy (non-hydrogen) atoms. The van der Waals surface area contributed by atoms with Gasteiger partial charge in [0.05, 0.1) is 0 Å². The normalized spacial score (nSPS) is 17.5. The van der Waals surface area contributed by atoms with E-state index < -0.39 is 0 Å². The van der Waals surface area contributed by atoms with Crippen LogP contribution in [0.25, 0.3) is 0 Å². The van der Waals surface area contributed by atoms with Gasteiger partial charge < -0.3 is 0 Å². The average molecular weight is 227 g/mol. The third kappa shape index (κ3) is 2.05. The molecule has 0 heterocycles. The molecule has 0 radical (unpaired) electrons. The fourth-order valence-electron chi connectivity index (χ4n) is 1.54. The predicted octanol–water partition coefficient (Wildman–Crippen LogP) is 3.39. The van der Waals surface area contributed by atoms with E-state index in [4.69, 9.17) is 11.6 Å². The summed E-state index contributed by atoms with van der Waals surface area (Å²) in [6.07, 6.45) is 1.94. The standard InChI is InChI=1S/C12H12ClFO/c1-12(5-6-12)11(15)7-8-9(13)3-2-4-10(8)14/h2-4H,5-7H2,1H3. The zero-order valence-electron chi connectivity index (χ0n) is 8.52. The van der Waals surface area contributed by atoms with E-state index in [9.17, 15) is 9.18 Å². The Kier molecular flexibility index (Phi) is 2.55. The molecule has 0 atom stereocenters. The molecule has 0 spiro atoms. The van der Waals surface area contributed by atoms with E-state index in [0.29, 0.717) is 10.6 Å².